The maximum atomic E-state index is 4.62. The van der Waals surface area contributed by atoms with E-state index in [9.17, 15) is 0 Å². The van der Waals surface area contributed by atoms with Gasteiger partial charge in [-0.3, -0.25) is 4.68 Å². The van der Waals surface area contributed by atoms with Gasteiger partial charge in [-0.1, -0.05) is 20.3 Å². The molecule has 19 heavy (non-hydrogen) atoms. The second kappa shape index (κ2) is 5.96. The molecule has 1 heterocycles. The number of nitrogens with one attached hydrogen (secondary N) is 1. The highest BCUT2D eigenvalue weighted by Crippen LogP contribution is 2.44. The molecular weight excluding hydrogens is 302 g/mol. The zero-order chi connectivity index (χ0) is 14.0. The lowest BCUT2D eigenvalue weighted by Gasteiger charge is -2.43. The molecule has 1 N–H and O–H groups in total. The predicted molar refractivity (Wildman–Crippen MR) is 83.5 cm³/mol. The van der Waals surface area contributed by atoms with Gasteiger partial charge in [0.2, 0.25) is 0 Å². The Labute approximate surface area is 125 Å². The van der Waals surface area contributed by atoms with Crippen LogP contribution < -0.4 is 5.32 Å². The van der Waals surface area contributed by atoms with E-state index in [4.69, 9.17) is 0 Å². The zero-order valence-corrected chi connectivity index (χ0v) is 14.2. The Morgan fingerprint density at radius 3 is 2.58 bits per heavy atom. The first kappa shape index (κ1) is 15.0. The van der Waals surface area contributed by atoms with Crippen LogP contribution in [0.2, 0.25) is 0 Å². The number of aromatic nitrogens is 2. The molecule has 1 aromatic heterocycles. The van der Waals surface area contributed by atoms with Gasteiger partial charge in [0.05, 0.1) is 15.9 Å². The van der Waals surface area contributed by atoms with Crippen molar-refractivity contribution in [3.05, 3.63) is 15.9 Å². The van der Waals surface area contributed by atoms with E-state index in [1.54, 1.807) is 0 Å². The van der Waals surface area contributed by atoms with Crippen LogP contribution in [0.5, 0.6) is 0 Å². The number of rotatable bonds is 6. The summed E-state index contributed by atoms with van der Waals surface area (Å²) in [5, 5.41) is 8.24. The predicted octanol–water partition coefficient (Wildman–Crippen LogP) is 3.68. The van der Waals surface area contributed by atoms with E-state index in [2.05, 4.69) is 58.7 Å². The van der Waals surface area contributed by atoms with Gasteiger partial charge in [-0.05, 0) is 54.5 Å². The third-order valence-electron chi connectivity index (χ3n) is 4.29. The topological polar surface area (TPSA) is 29.9 Å². The second-order valence-corrected chi connectivity index (χ2v) is 7.02. The highest BCUT2D eigenvalue weighted by atomic mass is 79.9. The molecule has 1 aliphatic rings. The van der Waals surface area contributed by atoms with Crippen molar-refractivity contribution in [1.29, 1.82) is 0 Å². The first-order valence-corrected chi connectivity index (χ1v) is 8.22. The second-order valence-electron chi connectivity index (χ2n) is 6.23. The standard InChI is InChI=1S/C15H26BrN3/c1-5-19-13(14(16)12(4)18-19)9-15(7-6-8-15)10-17-11(2)3/h11,17H,5-10H2,1-4H3. The van der Waals surface area contributed by atoms with E-state index < -0.39 is 0 Å². The average molecular weight is 328 g/mol. The van der Waals surface area contributed by atoms with Gasteiger partial charge < -0.3 is 5.32 Å². The van der Waals surface area contributed by atoms with Crippen LogP contribution in [0, 0.1) is 12.3 Å². The minimum atomic E-state index is 0.451. The summed E-state index contributed by atoms with van der Waals surface area (Å²) < 4.78 is 3.37. The van der Waals surface area contributed by atoms with Gasteiger partial charge in [-0.15, -0.1) is 0 Å². The number of nitrogens with zero attached hydrogens (tertiary/aromatic N) is 2. The van der Waals surface area contributed by atoms with Crippen LogP contribution in [0.4, 0.5) is 0 Å². The van der Waals surface area contributed by atoms with Gasteiger partial charge in [0.15, 0.2) is 0 Å². The molecule has 0 radical (unpaired) electrons. The highest BCUT2D eigenvalue weighted by Gasteiger charge is 2.38. The van der Waals surface area contributed by atoms with Crippen molar-refractivity contribution in [3.63, 3.8) is 0 Å². The molecule has 4 heteroatoms. The summed E-state index contributed by atoms with van der Waals surface area (Å²) in [5.74, 6) is 0. The maximum Gasteiger partial charge on any atom is 0.0738 e. The summed E-state index contributed by atoms with van der Waals surface area (Å²) in [4.78, 5) is 0. The van der Waals surface area contributed by atoms with Gasteiger partial charge >= 0.3 is 0 Å². The SMILES string of the molecule is CCn1nc(C)c(Br)c1CC1(CNC(C)C)CCC1. The number of aryl methyl sites for hydroxylation is 2. The van der Waals surface area contributed by atoms with Crippen LogP contribution in [0.1, 0.15) is 51.4 Å². The molecule has 0 spiro atoms. The van der Waals surface area contributed by atoms with E-state index in [-0.39, 0.29) is 0 Å². The third-order valence-corrected chi connectivity index (χ3v) is 5.33. The van der Waals surface area contributed by atoms with Crippen LogP contribution in [0.25, 0.3) is 0 Å². The molecule has 0 unspecified atom stereocenters. The Bertz CT molecular complexity index is 433. The molecule has 1 aliphatic carbocycles. The molecule has 3 nitrogen and oxygen atoms in total. The summed E-state index contributed by atoms with van der Waals surface area (Å²) in [6.45, 7) is 10.8. The van der Waals surface area contributed by atoms with E-state index in [1.807, 2.05) is 0 Å². The van der Waals surface area contributed by atoms with Gasteiger partial charge in [0.25, 0.3) is 0 Å². The number of halogens is 1. The maximum absolute atomic E-state index is 4.62. The van der Waals surface area contributed by atoms with Crippen molar-refractivity contribution < 1.29 is 0 Å². The third kappa shape index (κ3) is 3.22. The van der Waals surface area contributed by atoms with Gasteiger partial charge in [-0.25, -0.2) is 0 Å². The number of hydrogen-bond acceptors (Lipinski definition) is 2. The Morgan fingerprint density at radius 2 is 2.11 bits per heavy atom. The molecule has 0 amide bonds. The van der Waals surface area contributed by atoms with Crippen LogP contribution in [-0.4, -0.2) is 22.4 Å². The lowest BCUT2D eigenvalue weighted by atomic mass is 9.66. The van der Waals surface area contributed by atoms with Gasteiger partial charge in [0, 0.05) is 19.1 Å². The molecule has 0 aliphatic heterocycles. The summed E-state index contributed by atoms with van der Waals surface area (Å²) >= 11 is 3.72. The van der Waals surface area contributed by atoms with E-state index in [0.29, 0.717) is 11.5 Å². The van der Waals surface area contributed by atoms with E-state index >= 15 is 0 Å². The fourth-order valence-corrected chi connectivity index (χ4v) is 3.33. The smallest absolute Gasteiger partial charge is 0.0738 e. The molecule has 0 atom stereocenters. The Hall–Kier alpha value is -0.350. The molecule has 1 aromatic rings. The molecule has 1 fully saturated rings. The molecule has 108 valence electrons. The first-order valence-electron chi connectivity index (χ1n) is 7.42. The summed E-state index contributed by atoms with van der Waals surface area (Å²) in [7, 11) is 0. The Balaban J connectivity index is 2.14. The fourth-order valence-electron chi connectivity index (χ4n) is 2.91. The van der Waals surface area contributed by atoms with Crippen molar-refractivity contribution in [3.8, 4) is 0 Å². The van der Waals surface area contributed by atoms with E-state index in [0.717, 1.165) is 25.2 Å². The fraction of sp³-hybridized carbons (Fsp3) is 0.800. The molecule has 0 bridgehead atoms. The van der Waals surface area contributed by atoms with Gasteiger partial charge in [-0.2, -0.15) is 5.10 Å². The quantitative estimate of drug-likeness (QED) is 0.863. The number of hydrogen-bond donors (Lipinski definition) is 1. The van der Waals surface area contributed by atoms with Crippen LogP contribution in [-0.2, 0) is 13.0 Å². The molecule has 0 aromatic carbocycles. The first-order chi connectivity index (χ1) is 8.97. The highest BCUT2D eigenvalue weighted by molar-refractivity contribution is 9.10. The largest absolute Gasteiger partial charge is 0.314 e. The van der Waals surface area contributed by atoms with Crippen molar-refractivity contribution in [2.45, 2.75) is 66.0 Å². The van der Waals surface area contributed by atoms with Crippen molar-refractivity contribution in [2.24, 2.45) is 5.41 Å². The summed E-state index contributed by atoms with van der Waals surface area (Å²) in [6.07, 6.45) is 5.19. The Morgan fingerprint density at radius 1 is 1.42 bits per heavy atom. The lowest BCUT2D eigenvalue weighted by molar-refractivity contribution is 0.123. The minimum absolute atomic E-state index is 0.451. The molecule has 2 rings (SSSR count). The van der Waals surface area contributed by atoms with Crippen LogP contribution >= 0.6 is 15.9 Å². The Kier molecular flexibility index (Phi) is 4.72. The van der Waals surface area contributed by atoms with Gasteiger partial charge in [0.1, 0.15) is 0 Å². The molecular formula is C15H26BrN3. The molecule has 1 saturated carbocycles. The summed E-state index contributed by atoms with van der Waals surface area (Å²) in [5.41, 5.74) is 2.94. The summed E-state index contributed by atoms with van der Waals surface area (Å²) in [6, 6.07) is 0.568. The van der Waals surface area contributed by atoms with E-state index in [1.165, 1.54) is 29.4 Å². The van der Waals surface area contributed by atoms with Crippen molar-refractivity contribution in [1.82, 2.24) is 15.1 Å². The molecule has 0 saturated heterocycles. The lowest BCUT2D eigenvalue weighted by Crippen LogP contribution is -2.44. The van der Waals surface area contributed by atoms with Crippen LogP contribution in [0.15, 0.2) is 4.47 Å². The van der Waals surface area contributed by atoms with Crippen molar-refractivity contribution >= 4 is 15.9 Å². The van der Waals surface area contributed by atoms with Crippen LogP contribution in [0.3, 0.4) is 0 Å². The average Bonchev–Trinajstić information content (AvgIpc) is 2.59. The zero-order valence-electron chi connectivity index (χ0n) is 12.6. The normalized spacial score (nSPS) is 17.8. The van der Waals surface area contributed by atoms with Crippen molar-refractivity contribution in [2.75, 3.05) is 6.54 Å². The monoisotopic (exact) mass is 327 g/mol. The minimum Gasteiger partial charge on any atom is -0.314 e.